The predicted octanol–water partition coefficient (Wildman–Crippen LogP) is -0.871. The minimum Gasteiger partial charge on any atom is -0.481 e. The Labute approximate surface area is 204 Å². The maximum absolute atomic E-state index is 13.2. The Balaban J connectivity index is 2.42. The van der Waals surface area contributed by atoms with Crippen molar-refractivity contribution in [2.24, 2.45) is 11.8 Å². The van der Waals surface area contributed by atoms with Crippen molar-refractivity contribution in [3.05, 3.63) is 0 Å². The third kappa shape index (κ3) is 7.40. The van der Waals surface area contributed by atoms with Crippen LogP contribution in [0.2, 0.25) is 0 Å². The van der Waals surface area contributed by atoms with E-state index in [0.717, 1.165) is 0 Å². The maximum Gasteiger partial charge on any atom is 0.303 e. The second-order valence-electron chi connectivity index (χ2n) is 9.56. The van der Waals surface area contributed by atoms with E-state index in [0.29, 0.717) is 25.8 Å². The SMILES string of the molecule is CCC(C)C1NC(=O)C2CCCN2C(=O)CNC(=O)C(CCC(=O)O)NC(=O)C(C(C)C)NC1=O. The second-order valence-corrected chi connectivity index (χ2v) is 9.56. The highest BCUT2D eigenvalue weighted by Crippen LogP contribution is 2.19. The topological polar surface area (TPSA) is 174 Å². The van der Waals surface area contributed by atoms with Gasteiger partial charge in [-0.05, 0) is 31.1 Å². The maximum atomic E-state index is 13.2. The molecule has 0 aliphatic carbocycles. The van der Waals surface area contributed by atoms with Crippen molar-refractivity contribution in [1.29, 1.82) is 0 Å². The monoisotopic (exact) mass is 495 g/mol. The number of aliphatic carboxylic acids is 1. The van der Waals surface area contributed by atoms with E-state index in [2.05, 4.69) is 21.3 Å². The lowest BCUT2D eigenvalue weighted by molar-refractivity contribution is -0.140. The van der Waals surface area contributed by atoms with E-state index in [1.807, 2.05) is 13.8 Å². The molecule has 5 amide bonds. The van der Waals surface area contributed by atoms with Gasteiger partial charge in [-0.2, -0.15) is 0 Å². The molecule has 0 saturated carbocycles. The zero-order valence-corrected chi connectivity index (χ0v) is 20.8. The first-order valence-corrected chi connectivity index (χ1v) is 12.2. The highest BCUT2D eigenvalue weighted by Gasteiger charge is 2.38. The number of amides is 5. The van der Waals surface area contributed by atoms with Crippen LogP contribution in [0.1, 0.15) is 59.8 Å². The number of nitrogens with zero attached hydrogens (tertiary/aromatic N) is 1. The van der Waals surface area contributed by atoms with Crippen molar-refractivity contribution in [1.82, 2.24) is 26.2 Å². The zero-order chi connectivity index (χ0) is 26.3. The summed E-state index contributed by atoms with van der Waals surface area (Å²) in [6.45, 7) is 7.06. The van der Waals surface area contributed by atoms with Gasteiger partial charge in [0.1, 0.15) is 24.2 Å². The fourth-order valence-corrected chi connectivity index (χ4v) is 4.25. The van der Waals surface area contributed by atoms with Gasteiger partial charge >= 0.3 is 5.97 Å². The summed E-state index contributed by atoms with van der Waals surface area (Å²) in [5.41, 5.74) is 0. The number of rotatable bonds is 6. The van der Waals surface area contributed by atoms with Gasteiger partial charge in [0.25, 0.3) is 0 Å². The van der Waals surface area contributed by atoms with Gasteiger partial charge in [-0.25, -0.2) is 0 Å². The summed E-state index contributed by atoms with van der Waals surface area (Å²) in [4.78, 5) is 77.4. The van der Waals surface area contributed by atoms with Crippen molar-refractivity contribution in [2.45, 2.75) is 84.0 Å². The van der Waals surface area contributed by atoms with Gasteiger partial charge in [-0.3, -0.25) is 28.8 Å². The third-order valence-corrected chi connectivity index (χ3v) is 6.61. The van der Waals surface area contributed by atoms with Crippen LogP contribution in [0.4, 0.5) is 0 Å². The summed E-state index contributed by atoms with van der Waals surface area (Å²) in [5.74, 6) is -4.60. The Bertz CT molecular complexity index is 846. The van der Waals surface area contributed by atoms with E-state index in [1.165, 1.54) is 4.90 Å². The van der Waals surface area contributed by atoms with E-state index in [-0.39, 0.29) is 24.7 Å². The summed E-state index contributed by atoms with van der Waals surface area (Å²) < 4.78 is 0. The molecule has 12 heteroatoms. The largest absolute Gasteiger partial charge is 0.481 e. The second kappa shape index (κ2) is 12.5. The summed E-state index contributed by atoms with van der Waals surface area (Å²) in [7, 11) is 0. The molecule has 2 saturated heterocycles. The highest BCUT2D eigenvalue weighted by molar-refractivity contribution is 5.97. The summed E-state index contributed by atoms with van der Waals surface area (Å²) in [5, 5.41) is 19.5. The molecule has 0 spiro atoms. The summed E-state index contributed by atoms with van der Waals surface area (Å²) in [6, 6.07) is -3.94. The zero-order valence-electron chi connectivity index (χ0n) is 20.8. The Hall–Kier alpha value is -3.18. The molecule has 0 aromatic carbocycles. The number of carboxylic acid groups (broad SMARTS) is 1. The molecule has 2 heterocycles. The molecule has 12 nitrogen and oxygen atoms in total. The molecular weight excluding hydrogens is 458 g/mol. The molecule has 0 aromatic rings. The normalized spacial score (nSPS) is 27.7. The average Bonchev–Trinajstić information content (AvgIpc) is 3.30. The fourth-order valence-electron chi connectivity index (χ4n) is 4.25. The molecular formula is C23H37N5O7. The molecule has 0 radical (unpaired) electrons. The molecule has 5 N–H and O–H groups in total. The van der Waals surface area contributed by atoms with Gasteiger partial charge in [-0.1, -0.05) is 34.1 Å². The van der Waals surface area contributed by atoms with E-state index in [9.17, 15) is 28.8 Å². The van der Waals surface area contributed by atoms with Crippen molar-refractivity contribution in [3.8, 4) is 0 Å². The van der Waals surface area contributed by atoms with Gasteiger partial charge in [0.05, 0.1) is 6.54 Å². The minimum absolute atomic E-state index is 0.193. The van der Waals surface area contributed by atoms with E-state index in [4.69, 9.17) is 5.11 Å². The summed E-state index contributed by atoms with van der Waals surface area (Å²) in [6.07, 6.45) is 1.04. The molecule has 0 bridgehead atoms. The molecule has 0 aromatic heterocycles. The summed E-state index contributed by atoms with van der Waals surface area (Å²) >= 11 is 0. The van der Waals surface area contributed by atoms with Crippen LogP contribution >= 0.6 is 0 Å². The molecule has 2 fully saturated rings. The van der Waals surface area contributed by atoms with Crippen LogP contribution < -0.4 is 21.3 Å². The Morgan fingerprint density at radius 3 is 2.20 bits per heavy atom. The molecule has 5 atom stereocenters. The number of hydrogen-bond acceptors (Lipinski definition) is 6. The van der Waals surface area contributed by atoms with E-state index >= 15 is 0 Å². The quantitative estimate of drug-likeness (QED) is 0.318. The number of fused-ring (bicyclic) bond motifs is 1. The molecule has 2 aliphatic rings. The van der Waals surface area contributed by atoms with Crippen LogP contribution in [-0.2, 0) is 28.8 Å². The van der Waals surface area contributed by atoms with Crippen LogP contribution in [0.5, 0.6) is 0 Å². The van der Waals surface area contributed by atoms with Gasteiger partial charge in [0.2, 0.25) is 29.5 Å². The standard InChI is InChI=1S/C23H37N5O7/c1-5-13(4)19-23(35)26-18(12(2)3)22(34)25-14(8-9-17(30)31)20(32)24-11-16(29)28-10-6-7-15(28)21(33)27-19/h12-15,18-19H,5-11H2,1-4H3,(H,24,32)(H,25,34)(H,26,35)(H,27,33)(H,30,31). The number of carbonyl (C=O) groups excluding carboxylic acids is 5. The first-order chi connectivity index (χ1) is 16.5. The van der Waals surface area contributed by atoms with Crippen LogP contribution in [0.15, 0.2) is 0 Å². The van der Waals surface area contributed by atoms with Gasteiger partial charge in [-0.15, -0.1) is 0 Å². The minimum atomic E-state index is -1.21. The van der Waals surface area contributed by atoms with Crippen LogP contribution in [0, 0.1) is 11.8 Å². The smallest absolute Gasteiger partial charge is 0.303 e. The van der Waals surface area contributed by atoms with E-state index in [1.54, 1.807) is 13.8 Å². The molecule has 196 valence electrons. The van der Waals surface area contributed by atoms with Crippen LogP contribution in [0.25, 0.3) is 0 Å². The molecule has 5 unspecified atom stereocenters. The Morgan fingerprint density at radius 2 is 1.60 bits per heavy atom. The predicted molar refractivity (Wildman–Crippen MR) is 125 cm³/mol. The highest BCUT2D eigenvalue weighted by atomic mass is 16.4. The van der Waals surface area contributed by atoms with Gasteiger partial charge in [0, 0.05) is 13.0 Å². The number of carboxylic acids is 1. The van der Waals surface area contributed by atoms with Crippen molar-refractivity contribution < 1.29 is 33.9 Å². The molecule has 2 rings (SSSR count). The van der Waals surface area contributed by atoms with Crippen molar-refractivity contribution in [2.75, 3.05) is 13.1 Å². The number of hydrogen-bond donors (Lipinski definition) is 5. The molecule has 35 heavy (non-hydrogen) atoms. The average molecular weight is 496 g/mol. The van der Waals surface area contributed by atoms with Crippen LogP contribution in [-0.4, -0.2) is 82.8 Å². The van der Waals surface area contributed by atoms with Crippen LogP contribution in [0.3, 0.4) is 0 Å². The first kappa shape index (κ1) is 28.1. The third-order valence-electron chi connectivity index (χ3n) is 6.61. The lowest BCUT2D eigenvalue weighted by Gasteiger charge is -2.30. The van der Waals surface area contributed by atoms with E-state index < -0.39 is 66.2 Å². The lowest BCUT2D eigenvalue weighted by Crippen LogP contribution is -2.60. The number of nitrogens with one attached hydrogen (secondary N) is 4. The molecule has 2 aliphatic heterocycles. The van der Waals surface area contributed by atoms with Crippen molar-refractivity contribution in [3.63, 3.8) is 0 Å². The Kier molecular flexibility index (Phi) is 10.0. The van der Waals surface area contributed by atoms with Crippen molar-refractivity contribution >= 4 is 35.5 Å². The van der Waals surface area contributed by atoms with Gasteiger partial charge in [0.15, 0.2) is 0 Å². The lowest BCUT2D eigenvalue weighted by atomic mass is 9.96. The fraction of sp³-hybridized carbons (Fsp3) is 0.739. The number of carbonyl (C=O) groups is 6. The van der Waals surface area contributed by atoms with Gasteiger partial charge < -0.3 is 31.3 Å². The Morgan fingerprint density at radius 1 is 0.971 bits per heavy atom. The first-order valence-electron chi connectivity index (χ1n) is 12.2.